The molecule has 0 atom stereocenters. The van der Waals surface area contributed by atoms with Crippen molar-refractivity contribution < 1.29 is 14.3 Å². The van der Waals surface area contributed by atoms with Crippen LogP contribution in [-0.4, -0.2) is 25.5 Å². The van der Waals surface area contributed by atoms with E-state index in [1.165, 1.54) is 0 Å². The van der Waals surface area contributed by atoms with Gasteiger partial charge in [-0.15, -0.1) is 0 Å². The first kappa shape index (κ1) is 25.2. The average molecular weight is 471 g/mol. The molecule has 28 heavy (non-hydrogen) atoms. The van der Waals surface area contributed by atoms with Gasteiger partial charge in [0.15, 0.2) is 5.75 Å². The van der Waals surface area contributed by atoms with Gasteiger partial charge in [0, 0.05) is 11.6 Å². The van der Waals surface area contributed by atoms with Crippen molar-refractivity contribution in [1.29, 1.82) is 0 Å². The van der Waals surface area contributed by atoms with E-state index in [4.69, 9.17) is 60.7 Å². The Morgan fingerprint density at radius 3 is 2.32 bits per heavy atom. The number of halogens is 4. The van der Waals surface area contributed by atoms with Crippen LogP contribution in [0.5, 0.6) is 11.5 Å². The molecule has 1 aromatic rings. The van der Waals surface area contributed by atoms with Gasteiger partial charge >= 0.3 is 0 Å². The van der Waals surface area contributed by atoms with E-state index in [2.05, 4.69) is 5.16 Å². The third kappa shape index (κ3) is 9.60. The van der Waals surface area contributed by atoms with Crippen molar-refractivity contribution in [2.75, 3.05) is 19.8 Å². The lowest BCUT2D eigenvalue weighted by Gasteiger charge is -2.16. The molecule has 0 aliphatic heterocycles. The zero-order valence-electron chi connectivity index (χ0n) is 16.5. The molecule has 8 heteroatoms. The van der Waals surface area contributed by atoms with Crippen LogP contribution >= 0.6 is 46.4 Å². The molecule has 4 nitrogen and oxygen atoms in total. The van der Waals surface area contributed by atoms with Crippen molar-refractivity contribution in [3.63, 3.8) is 0 Å². The Morgan fingerprint density at radius 1 is 1.04 bits per heavy atom. The molecule has 0 aliphatic rings. The zero-order valence-corrected chi connectivity index (χ0v) is 19.5. The first-order chi connectivity index (χ1) is 13.4. The van der Waals surface area contributed by atoms with Gasteiger partial charge in [-0.1, -0.05) is 58.5 Å². The molecule has 0 radical (unpaired) electrons. The lowest BCUT2D eigenvalue weighted by molar-refractivity contribution is 0.139. The lowest BCUT2D eigenvalue weighted by Crippen LogP contribution is -2.03. The summed E-state index contributed by atoms with van der Waals surface area (Å²) in [4.78, 5) is 5.17. The van der Waals surface area contributed by atoms with Gasteiger partial charge in [-0.2, -0.15) is 0 Å². The Balaban J connectivity index is 2.50. The van der Waals surface area contributed by atoms with E-state index in [0.717, 1.165) is 37.0 Å². The van der Waals surface area contributed by atoms with E-state index in [-0.39, 0.29) is 11.1 Å². The minimum Gasteiger partial charge on any atom is -0.490 e. The standard InChI is InChI=1S/C20H27Cl4NO3/c1-4-15-17(26-12-9-18(22)23)13-16(21)20(19(15)24)27-10-7-5-6-8-11-28-25-14(2)3/h9,13H,4-8,10-12H2,1-3H3. The minimum absolute atomic E-state index is 0.148. The summed E-state index contributed by atoms with van der Waals surface area (Å²) < 4.78 is 11.7. The molecule has 0 saturated carbocycles. The van der Waals surface area contributed by atoms with Gasteiger partial charge in [-0.3, -0.25) is 0 Å². The lowest BCUT2D eigenvalue weighted by atomic mass is 10.1. The molecule has 1 aromatic carbocycles. The molecule has 0 unspecified atom stereocenters. The van der Waals surface area contributed by atoms with Gasteiger partial charge in [0.1, 0.15) is 23.5 Å². The van der Waals surface area contributed by atoms with E-state index in [0.29, 0.717) is 41.2 Å². The van der Waals surface area contributed by atoms with E-state index in [1.54, 1.807) is 12.1 Å². The summed E-state index contributed by atoms with van der Waals surface area (Å²) in [6.07, 6.45) is 6.18. The number of unbranched alkanes of at least 4 members (excludes halogenated alkanes) is 3. The van der Waals surface area contributed by atoms with Crippen LogP contribution in [0.15, 0.2) is 21.8 Å². The molecule has 0 spiro atoms. The second-order valence-corrected chi connectivity index (χ2v) is 8.06. The fraction of sp³-hybridized carbons (Fsp3) is 0.550. The number of hydrogen-bond donors (Lipinski definition) is 0. The summed E-state index contributed by atoms with van der Waals surface area (Å²) in [6.45, 7) is 7.21. The molecule has 0 heterocycles. The summed E-state index contributed by atoms with van der Waals surface area (Å²) >= 11 is 24.0. The van der Waals surface area contributed by atoms with Crippen molar-refractivity contribution in [1.82, 2.24) is 0 Å². The predicted molar refractivity (Wildman–Crippen MR) is 120 cm³/mol. The molecule has 1 rings (SSSR count). The van der Waals surface area contributed by atoms with Crippen molar-refractivity contribution in [2.24, 2.45) is 5.16 Å². The zero-order chi connectivity index (χ0) is 20.9. The van der Waals surface area contributed by atoms with Crippen LogP contribution in [0.2, 0.25) is 10.0 Å². The number of rotatable bonds is 13. The number of nitrogens with zero attached hydrogens (tertiary/aromatic N) is 1. The molecule has 158 valence electrons. The Labute approximate surface area is 187 Å². The third-order valence-electron chi connectivity index (χ3n) is 3.69. The number of benzene rings is 1. The smallest absolute Gasteiger partial charge is 0.157 e. The van der Waals surface area contributed by atoms with Crippen molar-refractivity contribution in [3.8, 4) is 11.5 Å². The predicted octanol–water partition coefficient (Wildman–Crippen LogP) is 7.61. The fourth-order valence-electron chi connectivity index (χ4n) is 2.37. The molecule has 0 fully saturated rings. The Morgan fingerprint density at radius 2 is 1.71 bits per heavy atom. The fourth-order valence-corrected chi connectivity index (χ4v) is 3.18. The van der Waals surface area contributed by atoms with Gasteiger partial charge in [-0.25, -0.2) is 0 Å². The molecule has 0 N–H and O–H groups in total. The number of oxime groups is 1. The summed E-state index contributed by atoms with van der Waals surface area (Å²) in [6, 6.07) is 1.71. The molecule has 0 bridgehead atoms. The largest absolute Gasteiger partial charge is 0.490 e. The van der Waals surface area contributed by atoms with Gasteiger partial charge in [0.2, 0.25) is 0 Å². The van der Waals surface area contributed by atoms with Gasteiger partial charge < -0.3 is 14.3 Å². The molecular weight excluding hydrogens is 444 g/mol. The van der Waals surface area contributed by atoms with E-state index in [1.807, 2.05) is 20.8 Å². The SMILES string of the molecule is CCc1c(OCC=C(Cl)Cl)cc(Cl)c(OCCCCCCON=C(C)C)c1Cl. The monoisotopic (exact) mass is 469 g/mol. The molecule has 0 amide bonds. The maximum atomic E-state index is 6.50. The molecule has 0 saturated heterocycles. The van der Waals surface area contributed by atoms with Crippen LogP contribution < -0.4 is 9.47 Å². The Hall–Kier alpha value is -0.810. The van der Waals surface area contributed by atoms with Crippen LogP contribution in [0.25, 0.3) is 0 Å². The summed E-state index contributed by atoms with van der Waals surface area (Å²) in [5.74, 6) is 1.09. The summed E-state index contributed by atoms with van der Waals surface area (Å²) in [5, 5.41) is 4.80. The topological polar surface area (TPSA) is 40.0 Å². The van der Waals surface area contributed by atoms with Crippen LogP contribution in [0.4, 0.5) is 0 Å². The second-order valence-electron chi connectivity index (χ2n) is 6.27. The highest BCUT2D eigenvalue weighted by Gasteiger charge is 2.17. The summed E-state index contributed by atoms with van der Waals surface area (Å²) in [7, 11) is 0. The highest BCUT2D eigenvalue weighted by atomic mass is 35.5. The first-order valence-corrected chi connectivity index (χ1v) is 10.8. The van der Waals surface area contributed by atoms with Gasteiger partial charge in [0.05, 0.1) is 22.4 Å². The Bertz CT molecular complexity index is 670. The van der Waals surface area contributed by atoms with E-state index in [9.17, 15) is 0 Å². The van der Waals surface area contributed by atoms with E-state index < -0.39 is 0 Å². The second kappa shape index (κ2) is 14.2. The number of hydrogen-bond acceptors (Lipinski definition) is 4. The minimum atomic E-state index is 0.148. The highest BCUT2D eigenvalue weighted by Crippen LogP contribution is 2.41. The van der Waals surface area contributed by atoms with Crippen LogP contribution in [0.3, 0.4) is 0 Å². The van der Waals surface area contributed by atoms with Gasteiger partial charge in [0.25, 0.3) is 0 Å². The average Bonchev–Trinajstić information content (AvgIpc) is 2.62. The molecule has 0 aromatic heterocycles. The first-order valence-electron chi connectivity index (χ1n) is 9.27. The molecule has 0 aliphatic carbocycles. The highest BCUT2D eigenvalue weighted by molar-refractivity contribution is 6.55. The van der Waals surface area contributed by atoms with Crippen LogP contribution in [0.1, 0.15) is 52.0 Å². The number of ether oxygens (including phenoxy) is 2. The maximum absolute atomic E-state index is 6.50. The summed E-state index contributed by atoms with van der Waals surface area (Å²) in [5.41, 5.74) is 1.76. The quantitative estimate of drug-likeness (QED) is 0.169. The Kier molecular flexibility index (Phi) is 12.8. The maximum Gasteiger partial charge on any atom is 0.157 e. The molecular formula is C20H27Cl4NO3. The van der Waals surface area contributed by atoms with Crippen LogP contribution in [0, 0.1) is 0 Å². The third-order valence-corrected chi connectivity index (χ3v) is 4.68. The van der Waals surface area contributed by atoms with Crippen molar-refractivity contribution in [3.05, 3.63) is 32.2 Å². The van der Waals surface area contributed by atoms with Gasteiger partial charge in [-0.05, 0) is 52.0 Å². The van der Waals surface area contributed by atoms with Crippen LogP contribution in [-0.2, 0) is 11.3 Å². The normalized spacial score (nSPS) is 10.4. The van der Waals surface area contributed by atoms with E-state index >= 15 is 0 Å². The van der Waals surface area contributed by atoms with Crippen molar-refractivity contribution >= 4 is 52.1 Å². The van der Waals surface area contributed by atoms with Crippen molar-refractivity contribution in [2.45, 2.75) is 52.9 Å².